The number of aromatic nitrogens is 2. The number of anilines is 1. The van der Waals surface area contributed by atoms with Crippen LogP contribution in [-0.4, -0.2) is 40.0 Å². The van der Waals surface area contributed by atoms with E-state index in [2.05, 4.69) is 15.5 Å². The van der Waals surface area contributed by atoms with E-state index in [4.69, 9.17) is 0 Å². The number of fused-ring (bicyclic) bond motifs is 1. The fourth-order valence-electron chi connectivity index (χ4n) is 3.70. The van der Waals surface area contributed by atoms with Gasteiger partial charge in [0, 0.05) is 29.7 Å². The number of aryl methyl sites for hydroxylation is 1. The second-order valence-corrected chi connectivity index (χ2v) is 8.57. The van der Waals surface area contributed by atoms with Crippen molar-refractivity contribution in [3.8, 4) is 0 Å². The lowest BCUT2D eigenvalue weighted by Gasteiger charge is -2.19. The maximum atomic E-state index is 12.9. The van der Waals surface area contributed by atoms with Crippen molar-refractivity contribution in [2.45, 2.75) is 20.8 Å². The first-order chi connectivity index (χ1) is 16.0. The molecule has 0 saturated carbocycles. The molecule has 7 heteroatoms. The summed E-state index contributed by atoms with van der Waals surface area (Å²) in [5, 5.41) is 13.3. The molecule has 0 unspecified atom stereocenters. The topological polar surface area (TPSA) is 78.1 Å². The van der Waals surface area contributed by atoms with E-state index < -0.39 is 0 Å². The van der Waals surface area contributed by atoms with Gasteiger partial charge < -0.3 is 10.2 Å². The highest BCUT2D eigenvalue weighted by molar-refractivity contribution is 7.12. The number of hydrogen-bond acceptors (Lipinski definition) is 4. The Kier molecular flexibility index (Phi) is 6.70. The first-order valence-corrected chi connectivity index (χ1v) is 11.8. The summed E-state index contributed by atoms with van der Waals surface area (Å²) >= 11 is 1.40. The summed E-state index contributed by atoms with van der Waals surface area (Å²) in [6.07, 6.45) is 3.82. The van der Waals surface area contributed by atoms with E-state index in [1.54, 1.807) is 17.0 Å². The summed E-state index contributed by atoms with van der Waals surface area (Å²) in [4.78, 5) is 28.3. The van der Waals surface area contributed by atoms with Crippen LogP contribution in [0.15, 0.2) is 53.9 Å². The molecule has 2 aromatic heterocycles. The fraction of sp³-hybridized carbons (Fsp3) is 0.192. The monoisotopic (exact) mass is 458 g/mol. The van der Waals surface area contributed by atoms with E-state index in [9.17, 15) is 9.59 Å². The zero-order valence-corrected chi connectivity index (χ0v) is 19.7. The second kappa shape index (κ2) is 9.83. The van der Waals surface area contributed by atoms with Gasteiger partial charge in [0.1, 0.15) is 0 Å². The number of carbonyl (C=O) groups is 2. The average molecular weight is 459 g/mol. The molecule has 0 aliphatic rings. The van der Waals surface area contributed by atoms with Crippen LogP contribution in [0, 0.1) is 6.92 Å². The first kappa shape index (κ1) is 22.5. The number of aromatic amines is 1. The highest BCUT2D eigenvalue weighted by Gasteiger charge is 2.17. The van der Waals surface area contributed by atoms with Crippen LogP contribution in [0.3, 0.4) is 0 Å². The fourth-order valence-corrected chi connectivity index (χ4v) is 4.52. The Labute approximate surface area is 196 Å². The summed E-state index contributed by atoms with van der Waals surface area (Å²) in [5.41, 5.74) is 4.61. The number of carbonyl (C=O) groups excluding carboxylic acids is 2. The van der Waals surface area contributed by atoms with Crippen molar-refractivity contribution in [1.29, 1.82) is 0 Å². The van der Waals surface area contributed by atoms with Crippen LogP contribution >= 0.6 is 11.3 Å². The molecule has 4 aromatic rings. The third kappa shape index (κ3) is 4.73. The maximum Gasteiger partial charge on any atom is 0.266 e. The summed E-state index contributed by atoms with van der Waals surface area (Å²) in [6, 6.07) is 15.2. The second-order valence-electron chi connectivity index (χ2n) is 7.65. The Morgan fingerprint density at radius 3 is 2.61 bits per heavy atom. The number of H-pyrrole nitrogens is 1. The van der Waals surface area contributed by atoms with E-state index in [1.165, 1.54) is 11.3 Å². The van der Waals surface area contributed by atoms with Gasteiger partial charge in [-0.15, -0.1) is 11.3 Å². The third-order valence-corrected chi connectivity index (χ3v) is 6.60. The van der Waals surface area contributed by atoms with Crippen molar-refractivity contribution in [2.75, 3.05) is 18.4 Å². The maximum absolute atomic E-state index is 12.9. The van der Waals surface area contributed by atoms with Gasteiger partial charge in [0.05, 0.1) is 16.1 Å². The minimum Gasteiger partial charge on any atom is -0.339 e. The summed E-state index contributed by atoms with van der Waals surface area (Å²) in [7, 11) is 0. The average Bonchev–Trinajstić information content (AvgIpc) is 3.45. The van der Waals surface area contributed by atoms with Gasteiger partial charge in [-0.3, -0.25) is 14.7 Å². The summed E-state index contributed by atoms with van der Waals surface area (Å²) < 4.78 is 0. The number of hydrogen-bond donors (Lipinski definition) is 2. The SMILES string of the molecule is CCN(CC)C(=O)c1ccc(C=Cc2n[nH]c3ccccc23)c(NC(=O)c2sccc2C)c1. The van der Waals surface area contributed by atoms with Gasteiger partial charge in [-0.05, 0) is 67.6 Å². The number of nitrogens with one attached hydrogen (secondary N) is 2. The lowest BCUT2D eigenvalue weighted by atomic mass is 10.1. The van der Waals surface area contributed by atoms with E-state index in [-0.39, 0.29) is 11.8 Å². The number of amides is 2. The molecule has 2 amide bonds. The zero-order chi connectivity index (χ0) is 23.4. The van der Waals surface area contributed by atoms with Crippen LogP contribution in [0.5, 0.6) is 0 Å². The van der Waals surface area contributed by atoms with Gasteiger partial charge in [0.15, 0.2) is 0 Å². The van der Waals surface area contributed by atoms with Crippen LogP contribution < -0.4 is 5.32 Å². The Morgan fingerprint density at radius 2 is 1.88 bits per heavy atom. The third-order valence-electron chi connectivity index (χ3n) is 5.59. The highest BCUT2D eigenvalue weighted by Crippen LogP contribution is 2.25. The smallest absolute Gasteiger partial charge is 0.266 e. The van der Waals surface area contributed by atoms with E-state index >= 15 is 0 Å². The molecule has 2 aromatic carbocycles. The van der Waals surface area contributed by atoms with Gasteiger partial charge in [-0.1, -0.05) is 30.3 Å². The van der Waals surface area contributed by atoms with Crippen molar-refractivity contribution in [3.63, 3.8) is 0 Å². The van der Waals surface area contributed by atoms with Gasteiger partial charge in [-0.25, -0.2) is 0 Å². The number of para-hydroxylation sites is 1. The molecule has 6 nitrogen and oxygen atoms in total. The molecule has 4 rings (SSSR count). The minimum atomic E-state index is -0.185. The number of nitrogens with zero attached hydrogens (tertiary/aromatic N) is 2. The van der Waals surface area contributed by atoms with Crippen molar-refractivity contribution < 1.29 is 9.59 Å². The van der Waals surface area contributed by atoms with Gasteiger partial charge >= 0.3 is 0 Å². The van der Waals surface area contributed by atoms with Gasteiger partial charge in [-0.2, -0.15) is 5.10 Å². The Balaban J connectivity index is 1.71. The summed E-state index contributed by atoms with van der Waals surface area (Å²) in [5.74, 6) is -0.244. The molecule has 0 aliphatic heterocycles. The van der Waals surface area contributed by atoms with Crippen LogP contribution in [0.4, 0.5) is 5.69 Å². The van der Waals surface area contributed by atoms with Crippen LogP contribution in [-0.2, 0) is 0 Å². The van der Waals surface area contributed by atoms with Crippen LogP contribution in [0.1, 0.15) is 50.7 Å². The minimum absolute atomic E-state index is 0.0587. The van der Waals surface area contributed by atoms with E-state index in [0.29, 0.717) is 29.2 Å². The van der Waals surface area contributed by atoms with Crippen molar-refractivity contribution in [2.24, 2.45) is 0 Å². The molecule has 0 fully saturated rings. The molecule has 0 aliphatic carbocycles. The lowest BCUT2D eigenvalue weighted by molar-refractivity contribution is 0.0772. The van der Waals surface area contributed by atoms with Crippen LogP contribution in [0.2, 0.25) is 0 Å². The van der Waals surface area contributed by atoms with Crippen molar-refractivity contribution in [3.05, 3.63) is 81.2 Å². The largest absolute Gasteiger partial charge is 0.339 e. The molecule has 168 valence electrons. The van der Waals surface area contributed by atoms with Gasteiger partial charge in [0.2, 0.25) is 0 Å². The lowest BCUT2D eigenvalue weighted by Crippen LogP contribution is -2.30. The van der Waals surface area contributed by atoms with E-state index in [0.717, 1.165) is 27.7 Å². The van der Waals surface area contributed by atoms with Crippen molar-refractivity contribution >= 4 is 51.9 Å². The molecule has 0 atom stereocenters. The van der Waals surface area contributed by atoms with Crippen molar-refractivity contribution in [1.82, 2.24) is 15.1 Å². The molecule has 0 bridgehead atoms. The molecule has 0 spiro atoms. The standard InChI is InChI=1S/C26H26N4O2S/c1-4-30(5-2)26(32)19-11-10-18(12-13-22-20-8-6-7-9-21(20)28-29-22)23(16-19)27-25(31)24-17(3)14-15-33-24/h6-16H,4-5H2,1-3H3,(H,27,31)(H,28,29). The number of thiophene rings is 1. The predicted molar refractivity (Wildman–Crippen MR) is 136 cm³/mol. The normalized spacial score (nSPS) is 11.2. The molecular weight excluding hydrogens is 432 g/mol. The molecule has 2 heterocycles. The first-order valence-electron chi connectivity index (χ1n) is 10.9. The Bertz CT molecular complexity index is 1330. The predicted octanol–water partition coefficient (Wildman–Crippen LogP) is 5.84. The van der Waals surface area contributed by atoms with E-state index in [1.807, 2.05) is 74.7 Å². The zero-order valence-electron chi connectivity index (χ0n) is 18.9. The molecular formula is C26H26N4O2S. The van der Waals surface area contributed by atoms with Gasteiger partial charge in [0.25, 0.3) is 11.8 Å². The summed E-state index contributed by atoms with van der Waals surface area (Å²) in [6.45, 7) is 7.07. The highest BCUT2D eigenvalue weighted by atomic mass is 32.1. The number of rotatable bonds is 7. The quantitative estimate of drug-likeness (QED) is 0.365. The Morgan fingerprint density at radius 1 is 1.09 bits per heavy atom. The Hall–Kier alpha value is -3.71. The molecule has 0 radical (unpaired) electrons. The molecule has 33 heavy (non-hydrogen) atoms. The number of benzene rings is 2. The molecule has 2 N–H and O–H groups in total. The van der Waals surface area contributed by atoms with Crippen LogP contribution in [0.25, 0.3) is 23.1 Å². The molecule has 0 saturated heterocycles.